The predicted molar refractivity (Wildman–Crippen MR) is 77.0 cm³/mol. The van der Waals surface area contributed by atoms with E-state index in [1.807, 2.05) is 0 Å². The molecule has 94 valence electrons. The van der Waals surface area contributed by atoms with Crippen molar-refractivity contribution in [3.8, 4) is 5.75 Å². The van der Waals surface area contributed by atoms with E-state index in [0.717, 1.165) is 11.8 Å². The fourth-order valence-corrected chi connectivity index (χ4v) is 2.94. The number of thioether (sulfide) groups is 1. The zero-order valence-corrected chi connectivity index (χ0v) is 12.3. The lowest BCUT2D eigenvalue weighted by molar-refractivity contribution is -0.115. The molecule has 1 saturated heterocycles. The summed E-state index contributed by atoms with van der Waals surface area (Å²) in [5, 5.41) is 2.47. The van der Waals surface area contributed by atoms with E-state index in [0.29, 0.717) is 20.5 Å². The molecule has 0 spiro atoms. The van der Waals surface area contributed by atoms with Gasteiger partial charge in [0.05, 0.1) is 16.5 Å². The summed E-state index contributed by atoms with van der Waals surface area (Å²) in [6, 6.07) is 3.16. The zero-order valence-electron chi connectivity index (χ0n) is 9.12. The van der Waals surface area contributed by atoms with E-state index in [9.17, 15) is 9.18 Å². The maximum Gasteiger partial charge on any atom is 0.263 e. The molecule has 0 aliphatic carbocycles. The number of rotatable bonds is 2. The molecule has 1 N–H and O–H groups in total. The van der Waals surface area contributed by atoms with Crippen LogP contribution in [-0.2, 0) is 4.79 Å². The van der Waals surface area contributed by atoms with Crippen molar-refractivity contribution in [2.24, 2.45) is 0 Å². The topological polar surface area (TPSA) is 38.3 Å². The van der Waals surface area contributed by atoms with Gasteiger partial charge in [-0.1, -0.05) is 24.0 Å². The van der Waals surface area contributed by atoms with Gasteiger partial charge in [-0.25, -0.2) is 4.39 Å². The Bertz CT molecular complexity index is 574. The van der Waals surface area contributed by atoms with E-state index in [1.54, 1.807) is 12.1 Å². The van der Waals surface area contributed by atoms with Crippen molar-refractivity contribution in [3.63, 3.8) is 0 Å². The first kappa shape index (κ1) is 13.5. The zero-order chi connectivity index (χ0) is 13.3. The number of halogens is 2. The molecule has 2 rings (SSSR count). The van der Waals surface area contributed by atoms with Crippen molar-refractivity contribution in [1.29, 1.82) is 0 Å². The summed E-state index contributed by atoms with van der Waals surface area (Å²) < 4.78 is 19.6. The van der Waals surface area contributed by atoms with Crippen LogP contribution in [-0.4, -0.2) is 17.3 Å². The summed E-state index contributed by atoms with van der Waals surface area (Å²) in [5.41, 5.74) is 0.296. The SMILES string of the molecule is COc1ccc(/C=C2/SC(=S)NC2=O)c(F)c1Br. The van der Waals surface area contributed by atoms with Gasteiger partial charge < -0.3 is 10.1 Å². The monoisotopic (exact) mass is 347 g/mol. The highest BCUT2D eigenvalue weighted by Gasteiger charge is 2.23. The van der Waals surface area contributed by atoms with E-state index in [1.165, 1.54) is 13.2 Å². The van der Waals surface area contributed by atoms with Gasteiger partial charge in [-0.3, -0.25) is 4.79 Å². The van der Waals surface area contributed by atoms with Gasteiger partial charge in [-0.2, -0.15) is 0 Å². The molecule has 1 aromatic carbocycles. The molecule has 1 aromatic rings. The van der Waals surface area contributed by atoms with E-state index < -0.39 is 5.82 Å². The van der Waals surface area contributed by atoms with Gasteiger partial charge in [0.1, 0.15) is 15.9 Å². The molecule has 7 heteroatoms. The van der Waals surface area contributed by atoms with Gasteiger partial charge in [-0.15, -0.1) is 0 Å². The minimum absolute atomic E-state index is 0.227. The fourth-order valence-electron chi connectivity index (χ4n) is 1.38. The number of methoxy groups -OCH3 is 1. The van der Waals surface area contributed by atoms with Gasteiger partial charge in [0, 0.05) is 5.56 Å². The van der Waals surface area contributed by atoms with Crippen LogP contribution in [0.1, 0.15) is 5.56 Å². The summed E-state index contributed by atoms with van der Waals surface area (Å²) in [6.45, 7) is 0. The van der Waals surface area contributed by atoms with Crippen molar-refractivity contribution in [3.05, 3.63) is 32.9 Å². The quantitative estimate of drug-likeness (QED) is 0.659. The molecule has 0 atom stereocenters. The van der Waals surface area contributed by atoms with Gasteiger partial charge in [0.2, 0.25) is 0 Å². The molecule has 0 saturated carbocycles. The van der Waals surface area contributed by atoms with Crippen LogP contribution in [0.15, 0.2) is 21.5 Å². The van der Waals surface area contributed by atoms with Crippen LogP contribution in [0.2, 0.25) is 0 Å². The molecule has 0 unspecified atom stereocenters. The van der Waals surface area contributed by atoms with Gasteiger partial charge >= 0.3 is 0 Å². The molecule has 1 fully saturated rings. The Kier molecular flexibility index (Phi) is 4.04. The highest BCUT2D eigenvalue weighted by atomic mass is 79.9. The Balaban J connectivity index is 2.41. The minimum Gasteiger partial charge on any atom is -0.495 e. The Labute approximate surface area is 121 Å². The van der Waals surface area contributed by atoms with E-state index >= 15 is 0 Å². The highest BCUT2D eigenvalue weighted by Crippen LogP contribution is 2.32. The van der Waals surface area contributed by atoms with Crippen molar-refractivity contribution in [1.82, 2.24) is 5.32 Å². The minimum atomic E-state index is -0.479. The van der Waals surface area contributed by atoms with Crippen LogP contribution in [0.25, 0.3) is 6.08 Å². The Morgan fingerprint density at radius 1 is 1.56 bits per heavy atom. The third-order valence-electron chi connectivity index (χ3n) is 2.23. The third kappa shape index (κ3) is 2.57. The van der Waals surface area contributed by atoms with Crippen LogP contribution in [0.3, 0.4) is 0 Å². The lowest BCUT2D eigenvalue weighted by atomic mass is 10.2. The Hall–Kier alpha value is -0.920. The van der Waals surface area contributed by atoms with E-state index in [4.69, 9.17) is 17.0 Å². The van der Waals surface area contributed by atoms with E-state index in [-0.39, 0.29) is 10.4 Å². The standard InChI is InChI=1S/C11H7BrFNO2S2/c1-16-6-3-2-5(9(13)8(6)12)4-7-10(15)14-11(17)18-7/h2-4H,1H3,(H,14,15,17)/b7-4+. The summed E-state index contributed by atoms with van der Waals surface area (Å²) in [5.74, 6) is -0.391. The maximum atomic E-state index is 14.0. The normalized spacial score (nSPS) is 17.2. The lowest BCUT2D eigenvalue weighted by Crippen LogP contribution is -2.17. The molecule has 0 aromatic heterocycles. The number of hydrogen-bond acceptors (Lipinski definition) is 4. The van der Waals surface area contributed by atoms with Crippen LogP contribution >= 0.6 is 39.9 Å². The first-order valence-electron chi connectivity index (χ1n) is 4.79. The maximum absolute atomic E-state index is 14.0. The first-order chi connectivity index (χ1) is 8.52. The van der Waals surface area contributed by atoms with Crippen molar-refractivity contribution in [2.75, 3.05) is 7.11 Å². The second-order valence-electron chi connectivity index (χ2n) is 3.34. The number of nitrogens with one attached hydrogen (secondary N) is 1. The fraction of sp³-hybridized carbons (Fsp3) is 0.0909. The molecule has 0 bridgehead atoms. The number of amides is 1. The summed E-state index contributed by atoms with van der Waals surface area (Å²) in [4.78, 5) is 11.8. The lowest BCUT2D eigenvalue weighted by Gasteiger charge is -2.06. The Morgan fingerprint density at radius 2 is 2.28 bits per heavy atom. The predicted octanol–water partition coefficient (Wildman–Crippen LogP) is 3.09. The molecule has 1 aliphatic rings. The van der Waals surface area contributed by atoms with Crippen molar-refractivity contribution < 1.29 is 13.9 Å². The van der Waals surface area contributed by atoms with Crippen LogP contribution < -0.4 is 10.1 Å². The van der Waals surface area contributed by atoms with E-state index in [2.05, 4.69) is 21.2 Å². The third-order valence-corrected chi connectivity index (χ3v) is 4.13. The summed E-state index contributed by atoms with van der Waals surface area (Å²) >= 11 is 9.07. The number of ether oxygens (including phenoxy) is 1. The molecule has 1 amide bonds. The average molecular weight is 348 g/mol. The van der Waals surface area contributed by atoms with Crippen molar-refractivity contribution >= 4 is 56.2 Å². The van der Waals surface area contributed by atoms with Gasteiger partial charge in [-0.05, 0) is 34.1 Å². The molecular formula is C11H7BrFNO2S2. The number of hydrogen-bond donors (Lipinski definition) is 1. The molecule has 18 heavy (non-hydrogen) atoms. The molecule has 0 radical (unpaired) electrons. The average Bonchev–Trinajstić information content (AvgIpc) is 2.64. The van der Waals surface area contributed by atoms with Gasteiger partial charge in [0.25, 0.3) is 5.91 Å². The smallest absolute Gasteiger partial charge is 0.263 e. The molecule has 3 nitrogen and oxygen atoms in total. The second-order valence-corrected chi connectivity index (χ2v) is 5.85. The molecular weight excluding hydrogens is 341 g/mol. The number of carbonyl (C=O) groups is 1. The van der Waals surface area contributed by atoms with Crippen LogP contribution in [0.4, 0.5) is 4.39 Å². The number of carbonyl (C=O) groups excluding carboxylic acids is 1. The first-order valence-corrected chi connectivity index (χ1v) is 6.81. The number of benzene rings is 1. The second kappa shape index (κ2) is 5.38. The summed E-state index contributed by atoms with van der Waals surface area (Å²) in [7, 11) is 1.45. The van der Waals surface area contributed by atoms with Crippen LogP contribution in [0.5, 0.6) is 5.75 Å². The highest BCUT2D eigenvalue weighted by molar-refractivity contribution is 9.10. The molecule has 1 aliphatic heterocycles. The molecule has 1 heterocycles. The Morgan fingerprint density at radius 3 is 2.83 bits per heavy atom. The summed E-state index contributed by atoms with van der Waals surface area (Å²) in [6.07, 6.45) is 1.46. The van der Waals surface area contributed by atoms with Gasteiger partial charge in [0.15, 0.2) is 0 Å². The largest absolute Gasteiger partial charge is 0.495 e. The number of thiocarbonyl (C=S) groups is 1. The van der Waals surface area contributed by atoms with Crippen molar-refractivity contribution in [2.45, 2.75) is 0 Å². The van der Waals surface area contributed by atoms with Crippen LogP contribution in [0, 0.1) is 5.82 Å².